The Bertz CT molecular complexity index is 836. The van der Waals surface area contributed by atoms with E-state index in [4.69, 9.17) is 22.2 Å². The van der Waals surface area contributed by atoms with Gasteiger partial charge in [-0.25, -0.2) is 4.68 Å². The van der Waals surface area contributed by atoms with Gasteiger partial charge in [-0.05, 0) is 25.0 Å². The van der Waals surface area contributed by atoms with E-state index in [9.17, 15) is 9.59 Å². The number of thioether (sulfide) groups is 1. The summed E-state index contributed by atoms with van der Waals surface area (Å²) in [4.78, 5) is 25.7. The van der Waals surface area contributed by atoms with Crippen molar-refractivity contribution in [1.82, 2.24) is 19.8 Å². The van der Waals surface area contributed by atoms with Crippen LogP contribution in [0.1, 0.15) is 12.8 Å². The predicted molar refractivity (Wildman–Crippen MR) is 103 cm³/mol. The molecule has 0 aliphatic carbocycles. The highest BCUT2D eigenvalue weighted by Crippen LogP contribution is 2.28. The van der Waals surface area contributed by atoms with E-state index in [2.05, 4.69) is 10.2 Å². The van der Waals surface area contributed by atoms with Gasteiger partial charge in [0.2, 0.25) is 11.1 Å². The van der Waals surface area contributed by atoms with E-state index >= 15 is 0 Å². The number of nitrogens with zero attached hydrogens (tertiary/aromatic N) is 4. The monoisotopic (exact) mass is 409 g/mol. The van der Waals surface area contributed by atoms with Crippen LogP contribution in [0.4, 0.5) is 0 Å². The first-order chi connectivity index (χ1) is 13.0. The van der Waals surface area contributed by atoms with Crippen LogP contribution >= 0.6 is 23.4 Å². The number of methoxy groups -OCH3 is 1. The maximum atomic E-state index is 12.4. The minimum absolute atomic E-state index is 0.0226. The summed E-state index contributed by atoms with van der Waals surface area (Å²) < 4.78 is 6.10. The highest BCUT2D eigenvalue weighted by molar-refractivity contribution is 7.99. The van der Waals surface area contributed by atoms with E-state index in [1.165, 1.54) is 23.5 Å². The second-order valence-corrected chi connectivity index (χ2v) is 7.47. The number of nitrogens with two attached hydrogens (primary N) is 1. The molecule has 2 aromatic rings. The first kappa shape index (κ1) is 19.5. The van der Waals surface area contributed by atoms with E-state index in [1.807, 2.05) is 12.1 Å². The van der Waals surface area contributed by atoms with E-state index in [-0.39, 0.29) is 23.5 Å². The molecule has 1 aliphatic heterocycles. The van der Waals surface area contributed by atoms with Gasteiger partial charge in [-0.3, -0.25) is 9.59 Å². The molecule has 3 rings (SSSR count). The highest BCUT2D eigenvalue weighted by Gasteiger charge is 2.28. The maximum absolute atomic E-state index is 12.4. The Morgan fingerprint density at radius 3 is 2.67 bits per heavy atom. The molecule has 1 amide bonds. The third kappa shape index (κ3) is 4.36. The van der Waals surface area contributed by atoms with Crippen molar-refractivity contribution >= 4 is 35.2 Å². The summed E-state index contributed by atoms with van der Waals surface area (Å²) in [6, 6.07) is 7.21. The summed E-state index contributed by atoms with van der Waals surface area (Å²) in [5.74, 6) is 6.35. The second-order valence-electron chi connectivity index (χ2n) is 6.12. The number of ether oxygens (including phenoxy) is 1. The quantitative estimate of drug-likeness (QED) is 0.456. The molecule has 2 heterocycles. The normalized spacial score (nSPS) is 15.0. The lowest BCUT2D eigenvalue weighted by Gasteiger charge is -2.30. The van der Waals surface area contributed by atoms with Gasteiger partial charge in [-0.1, -0.05) is 35.5 Å². The summed E-state index contributed by atoms with van der Waals surface area (Å²) >= 11 is 7.40. The minimum atomic E-state index is -0.209. The lowest BCUT2D eigenvalue weighted by molar-refractivity contribution is -0.148. The zero-order chi connectivity index (χ0) is 19.4. The van der Waals surface area contributed by atoms with Crippen molar-refractivity contribution in [1.29, 1.82) is 0 Å². The molecule has 1 aromatic heterocycles. The largest absolute Gasteiger partial charge is 0.469 e. The Kier molecular flexibility index (Phi) is 6.22. The van der Waals surface area contributed by atoms with Crippen LogP contribution in [-0.4, -0.2) is 57.6 Å². The second kappa shape index (κ2) is 8.62. The number of aromatic nitrogens is 3. The van der Waals surface area contributed by atoms with Gasteiger partial charge in [0.05, 0.1) is 23.8 Å². The van der Waals surface area contributed by atoms with Crippen LogP contribution < -0.4 is 5.84 Å². The SMILES string of the molecule is COC(=O)C1CCN(C(=O)CSc2nnc(-c3ccccc3Cl)n2N)CC1. The van der Waals surface area contributed by atoms with Crippen molar-refractivity contribution in [3.63, 3.8) is 0 Å². The molecule has 1 saturated heterocycles. The number of halogens is 1. The van der Waals surface area contributed by atoms with Crippen molar-refractivity contribution in [2.45, 2.75) is 18.0 Å². The van der Waals surface area contributed by atoms with Gasteiger partial charge in [0.15, 0.2) is 5.82 Å². The van der Waals surface area contributed by atoms with Gasteiger partial charge in [-0.15, -0.1) is 10.2 Å². The Hall–Kier alpha value is -2.26. The Morgan fingerprint density at radius 1 is 1.30 bits per heavy atom. The standard InChI is InChI=1S/C17H20ClN5O3S/c1-26-16(25)11-6-8-22(9-7-11)14(24)10-27-17-21-20-15(23(17)19)12-4-2-3-5-13(12)18/h2-5,11H,6-10,19H2,1H3. The molecule has 1 aromatic carbocycles. The van der Waals surface area contributed by atoms with E-state index in [1.54, 1.807) is 17.0 Å². The van der Waals surface area contributed by atoms with Gasteiger partial charge < -0.3 is 15.5 Å². The van der Waals surface area contributed by atoms with Crippen molar-refractivity contribution in [2.24, 2.45) is 5.92 Å². The Morgan fingerprint density at radius 2 is 2.00 bits per heavy atom. The molecule has 0 saturated carbocycles. The fraction of sp³-hybridized carbons (Fsp3) is 0.412. The molecule has 144 valence electrons. The summed E-state index contributed by atoms with van der Waals surface area (Å²) in [6.45, 7) is 1.08. The fourth-order valence-corrected chi connectivity index (χ4v) is 3.93. The number of amides is 1. The lowest BCUT2D eigenvalue weighted by Crippen LogP contribution is -2.41. The summed E-state index contributed by atoms with van der Waals surface area (Å²) in [7, 11) is 1.39. The summed E-state index contributed by atoms with van der Waals surface area (Å²) in [5, 5.41) is 9.10. The van der Waals surface area contributed by atoms with Crippen molar-refractivity contribution in [3.8, 4) is 11.4 Å². The number of rotatable bonds is 5. The van der Waals surface area contributed by atoms with Gasteiger partial charge >= 0.3 is 5.97 Å². The average Bonchev–Trinajstić information content (AvgIpc) is 3.06. The van der Waals surface area contributed by atoms with Crippen LogP contribution in [0.5, 0.6) is 0 Å². The topological polar surface area (TPSA) is 103 Å². The van der Waals surface area contributed by atoms with Gasteiger partial charge in [-0.2, -0.15) is 0 Å². The third-order valence-corrected chi connectivity index (χ3v) is 5.74. The number of carbonyl (C=O) groups excluding carboxylic acids is 2. The molecule has 0 atom stereocenters. The highest BCUT2D eigenvalue weighted by atomic mass is 35.5. The number of likely N-dealkylation sites (tertiary alicyclic amines) is 1. The van der Waals surface area contributed by atoms with E-state index in [0.717, 1.165) is 0 Å². The molecule has 27 heavy (non-hydrogen) atoms. The number of hydrogen-bond acceptors (Lipinski definition) is 7. The van der Waals surface area contributed by atoms with Crippen molar-refractivity contribution < 1.29 is 14.3 Å². The van der Waals surface area contributed by atoms with Gasteiger partial charge in [0, 0.05) is 18.7 Å². The van der Waals surface area contributed by atoms with Crippen LogP contribution in [-0.2, 0) is 14.3 Å². The van der Waals surface area contributed by atoms with Crippen molar-refractivity contribution in [3.05, 3.63) is 29.3 Å². The molecule has 8 nitrogen and oxygen atoms in total. The van der Waals surface area contributed by atoms with E-state index < -0.39 is 0 Å². The summed E-state index contributed by atoms with van der Waals surface area (Å²) in [5.41, 5.74) is 0.678. The van der Waals surface area contributed by atoms with Crippen LogP contribution in [0.3, 0.4) is 0 Å². The zero-order valence-corrected chi connectivity index (χ0v) is 16.4. The van der Waals surface area contributed by atoms with Crippen LogP contribution in [0.15, 0.2) is 29.4 Å². The average molecular weight is 410 g/mol. The molecular weight excluding hydrogens is 390 g/mol. The Balaban J connectivity index is 1.57. The number of nitrogen functional groups attached to an aromatic ring is 1. The van der Waals surface area contributed by atoms with E-state index in [0.29, 0.717) is 47.5 Å². The fourth-order valence-electron chi connectivity index (χ4n) is 2.95. The third-order valence-electron chi connectivity index (χ3n) is 4.49. The van der Waals surface area contributed by atoms with Crippen LogP contribution in [0.25, 0.3) is 11.4 Å². The lowest BCUT2D eigenvalue weighted by atomic mass is 9.97. The number of carbonyl (C=O) groups is 2. The molecule has 0 radical (unpaired) electrons. The number of benzene rings is 1. The molecule has 1 fully saturated rings. The molecule has 1 aliphatic rings. The van der Waals surface area contributed by atoms with Crippen LogP contribution in [0, 0.1) is 5.92 Å². The molecular formula is C17H20ClN5O3S. The smallest absolute Gasteiger partial charge is 0.308 e. The Labute approximate surface area is 166 Å². The van der Waals surface area contributed by atoms with Gasteiger partial charge in [0.25, 0.3) is 0 Å². The number of hydrogen-bond donors (Lipinski definition) is 1. The zero-order valence-electron chi connectivity index (χ0n) is 14.8. The molecule has 0 bridgehead atoms. The first-order valence-electron chi connectivity index (χ1n) is 8.45. The predicted octanol–water partition coefficient (Wildman–Crippen LogP) is 1.82. The molecule has 2 N–H and O–H groups in total. The molecule has 10 heteroatoms. The molecule has 0 unspecified atom stereocenters. The minimum Gasteiger partial charge on any atom is -0.469 e. The number of esters is 1. The molecule has 0 spiro atoms. The summed E-state index contributed by atoms with van der Waals surface area (Å²) in [6.07, 6.45) is 1.24. The maximum Gasteiger partial charge on any atom is 0.308 e. The number of piperidine rings is 1. The van der Waals surface area contributed by atoms with Gasteiger partial charge in [0.1, 0.15) is 0 Å². The van der Waals surface area contributed by atoms with Crippen LogP contribution in [0.2, 0.25) is 5.02 Å². The van der Waals surface area contributed by atoms with Crippen molar-refractivity contribution in [2.75, 3.05) is 31.8 Å². The first-order valence-corrected chi connectivity index (χ1v) is 9.81.